The number of nitrogens with zero attached hydrogens (tertiary/aromatic N) is 3. The number of carboxylic acids is 1. The number of methoxy groups -OCH3 is 1. The second-order valence-corrected chi connectivity index (χ2v) is 9.50. The second kappa shape index (κ2) is 12.8. The fourth-order valence-electron chi connectivity index (χ4n) is 4.18. The van der Waals surface area contributed by atoms with Gasteiger partial charge in [0, 0.05) is 17.8 Å². The average Bonchev–Trinajstić information content (AvgIpc) is 3.61. The normalized spacial score (nSPS) is 11.6. The van der Waals surface area contributed by atoms with Crippen molar-refractivity contribution >= 4 is 12.0 Å². The summed E-state index contributed by atoms with van der Waals surface area (Å²) in [6.07, 6.45) is -0.813. The van der Waals surface area contributed by atoms with Gasteiger partial charge in [-0.1, -0.05) is 24.3 Å². The minimum Gasteiger partial charge on any atom is -0.493 e. The molecule has 9 nitrogen and oxygen atoms in total. The van der Waals surface area contributed by atoms with Crippen LogP contribution in [0.15, 0.2) is 89.5 Å². The number of aryl methyl sites for hydroxylation is 1. The third-order valence-electron chi connectivity index (χ3n) is 6.45. The molecular weight excluding hydrogens is 579 g/mol. The first-order chi connectivity index (χ1) is 21.1. The number of aromatic nitrogens is 3. The Morgan fingerprint density at radius 3 is 2.43 bits per heavy atom. The van der Waals surface area contributed by atoms with E-state index in [2.05, 4.69) is 10.1 Å². The van der Waals surface area contributed by atoms with Crippen LogP contribution in [-0.4, -0.2) is 33.0 Å². The molecule has 0 aliphatic heterocycles. The van der Waals surface area contributed by atoms with E-state index >= 15 is 0 Å². The topological polar surface area (TPSA) is 109 Å². The molecule has 0 atom stereocenters. The van der Waals surface area contributed by atoms with Crippen LogP contribution in [0.2, 0.25) is 0 Å². The lowest BCUT2D eigenvalue weighted by atomic mass is 10.2. The van der Waals surface area contributed by atoms with Crippen molar-refractivity contribution < 1.29 is 41.7 Å². The molecule has 2 aromatic heterocycles. The van der Waals surface area contributed by atoms with Gasteiger partial charge in [-0.25, -0.2) is 14.5 Å². The molecule has 0 unspecified atom stereocenters. The Morgan fingerprint density at radius 2 is 1.75 bits per heavy atom. The predicted molar refractivity (Wildman–Crippen MR) is 154 cm³/mol. The molecule has 2 heterocycles. The smallest absolute Gasteiger partial charge is 0.416 e. The first-order valence-corrected chi connectivity index (χ1v) is 13.2. The number of halogens is 3. The molecule has 0 saturated heterocycles. The Balaban J connectivity index is 1.30. The Morgan fingerprint density at radius 1 is 1.00 bits per heavy atom. The zero-order valence-corrected chi connectivity index (χ0v) is 23.5. The van der Waals surface area contributed by atoms with Crippen molar-refractivity contribution in [2.45, 2.75) is 26.3 Å². The summed E-state index contributed by atoms with van der Waals surface area (Å²) in [7, 11) is 1.50. The largest absolute Gasteiger partial charge is 0.493 e. The highest BCUT2D eigenvalue weighted by molar-refractivity contribution is 5.85. The van der Waals surface area contributed by atoms with Crippen molar-refractivity contribution in [1.82, 2.24) is 14.8 Å². The second-order valence-electron chi connectivity index (χ2n) is 9.50. The quantitative estimate of drug-likeness (QED) is 0.159. The number of alkyl halides is 3. The number of benzene rings is 3. The van der Waals surface area contributed by atoms with Crippen LogP contribution in [0, 0.1) is 6.92 Å². The number of aliphatic carboxylic acids is 1. The van der Waals surface area contributed by atoms with E-state index in [1.165, 1.54) is 36.2 Å². The molecular formula is C32H26F3N3O6. The van der Waals surface area contributed by atoms with Gasteiger partial charge in [-0.15, -0.1) is 5.10 Å². The Bertz CT molecular complexity index is 1780. The standard InChI is InChI=1S/C32H26F3N3O6/c1-20-26(36-30(44-20)22-6-4-3-5-7-22)19-42-27-14-8-21(16-28(27)41-2)18-43-31-23(9-15-29(39)40)17-38(37-31)25-12-10-24(11-13-25)32(33,34)35/h3-17H,18-19H2,1-2H3,(H,39,40). The molecule has 44 heavy (non-hydrogen) atoms. The molecule has 0 amide bonds. The van der Waals surface area contributed by atoms with Crippen molar-refractivity contribution in [3.8, 4) is 34.5 Å². The van der Waals surface area contributed by atoms with Gasteiger partial charge in [-0.2, -0.15) is 13.2 Å². The number of rotatable bonds is 11. The molecule has 0 bridgehead atoms. The lowest BCUT2D eigenvalue weighted by molar-refractivity contribution is -0.137. The van der Waals surface area contributed by atoms with Gasteiger partial charge in [0.25, 0.3) is 0 Å². The van der Waals surface area contributed by atoms with Crippen molar-refractivity contribution in [1.29, 1.82) is 0 Å². The van der Waals surface area contributed by atoms with E-state index in [9.17, 15) is 18.0 Å². The van der Waals surface area contributed by atoms with Crippen LogP contribution < -0.4 is 14.2 Å². The molecule has 0 aliphatic carbocycles. The summed E-state index contributed by atoms with van der Waals surface area (Å²) >= 11 is 0. The number of oxazole rings is 1. The van der Waals surface area contributed by atoms with Crippen LogP contribution in [0.3, 0.4) is 0 Å². The molecule has 0 fully saturated rings. The molecule has 226 valence electrons. The lowest BCUT2D eigenvalue weighted by Crippen LogP contribution is -2.05. The van der Waals surface area contributed by atoms with Gasteiger partial charge in [0.15, 0.2) is 11.5 Å². The maximum absolute atomic E-state index is 13.0. The van der Waals surface area contributed by atoms with E-state index in [4.69, 9.17) is 23.7 Å². The van der Waals surface area contributed by atoms with Crippen LogP contribution >= 0.6 is 0 Å². The van der Waals surface area contributed by atoms with Crippen molar-refractivity contribution in [2.75, 3.05) is 7.11 Å². The summed E-state index contributed by atoms with van der Waals surface area (Å²) in [4.78, 5) is 15.7. The monoisotopic (exact) mass is 605 g/mol. The van der Waals surface area contributed by atoms with Crippen molar-refractivity contribution in [3.63, 3.8) is 0 Å². The predicted octanol–water partition coefficient (Wildman–Crippen LogP) is 7.12. The Kier molecular flexibility index (Phi) is 8.70. The minimum absolute atomic E-state index is 0.0252. The zero-order chi connectivity index (χ0) is 31.3. The molecule has 0 radical (unpaired) electrons. The highest BCUT2D eigenvalue weighted by atomic mass is 19.4. The maximum atomic E-state index is 13.0. The molecule has 12 heteroatoms. The zero-order valence-electron chi connectivity index (χ0n) is 23.5. The number of carbonyl (C=O) groups is 1. The highest BCUT2D eigenvalue weighted by Crippen LogP contribution is 2.32. The van der Waals surface area contributed by atoms with Crippen molar-refractivity contribution in [2.24, 2.45) is 0 Å². The van der Waals surface area contributed by atoms with Gasteiger partial charge in [-0.3, -0.25) is 0 Å². The van der Waals surface area contributed by atoms with Gasteiger partial charge in [0.1, 0.15) is 24.7 Å². The van der Waals surface area contributed by atoms with E-state index in [1.807, 2.05) is 37.3 Å². The van der Waals surface area contributed by atoms with E-state index in [1.54, 1.807) is 18.2 Å². The van der Waals surface area contributed by atoms with Gasteiger partial charge >= 0.3 is 12.1 Å². The fraction of sp³-hybridized carbons (Fsp3) is 0.156. The summed E-state index contributed by atoms with van der Waals surface area (Å²) < 4.78 is 63.4. The Labute approximate surface area is 249 Å². The minimum atomic E-state index is -4.48. The maximum Gasteiger partial charge on any atom is 0.416 e. The SMILES string of the molecule is COc1cc(COc2nn(-c3ccc(C(F)(F)F)cc3)cc2C=CC(=O)O)ccc1OCc1nc(-c2ccccc2)oc1C. The number of hydrogen-bond acceptors (Lipinski definition) is 7. The number of hydrogen-bond donors (Lipinski definition) is 1. The summed E-state index contributed by atoms with van der Waals surface area (Å²) in [5, 5.41) is 13.4. The van der Waals surface area contributed by atoms with Crippen molar-refractivity contribution in [3.05, 3.63) is 113 Å². The first-order valence-electron chi connectivity index (χ1n) is 13.2. The van der Waals surface area contributed by atoms with Gasteiger partial charge < -0.3 is 23.7 Å². The molecule has 0 saturated carbocycles. The van der Waals surface area contributed by atoms with Crippen LogP contribution in [0.1, 0.15) is 28.1 Å². The molecule has 0 spiro atoms. The van der Waals surface area contributed by atoms with E-state index < -0.39 is 17.7 Å². The third-order valence-corrected chi connectivity index (χ3v) is 6.45. The van der Waals surface area contributed by atoms with E-state index in [0.29, 0.717) is 45.7 Å². The summed E-state index contributed by atoms with van der Waals surface area (Å²) in [6.45, 7) is 1.99. The van der Waals surface area contributed by atoms with Crippen LogP contribution in [0.5, 0.6) is 17.4 Å². The van der Waals surface area contributed by atoms with Gasteiger partial charge in [0.2, 0.25) is 11.8 Å². The molecule has 3 aromatic carbocycles. The van der Waals surface area contributed by atoms with Gasteiger partial charge in [0.05, 0.1) is 23.9 Å². The fourth-order valence-corrected chi connectivity index (χ4v) is 4.18. The molecule has 5 aromatic rings. The average molecular weight is 606 g/mol. The first kappa shape index (κ1) is 30.0. The summed E-state index contributed by atoms with van der Waals surface area (Å²) in [5.74, 6) is 0.942. The van der Waals surface area contributed by atoms with Crippen LogP contribution in [0.25, 0.3) is 23.2 Å². The van der Waals surface area contributed by atoms with Crippen LogP contribution in [-0.2, 0) is 24.2 Å². The van der Waals surface area contributed by atoms with E-state index in [-0.39, 0.29) is 19.1 Å². The molecule has 5 rings (SSSR count). The highest BCUT2D eigenvalue weighted by Gasteiger charge is 2.30. The lowest BCUT2D eigenvalue weighted by Gasteiger charge is -2.12. The summed E-state index contributed by atoms with van der Waals surface area (Å²) in [5.41, 5.74) is 2.04. The molecule has 0 aliphatic rings. The number of ether oxygens (including phenoxy) is 3. The van der Waals surface area contributed by atoms with Crippen LogP contribution in [0.4, 0.5) is 13.2 Å². The third kappa shape index (κ3) is 7.09. The molecule has 1 N–H and O–H groups in total. The summed E-state index contributed by atoms with van der Waals surface area (Å²) in [6, 6.07) is 19.1. The van der Waals surface area contributed by atoms with Gasteiger partial charge in [-0.05, 0) is 67.1 Å². The Hall–Kier alpha value is -5.52. The van der Waals surface area contributed by atoms with E-state index in [0.717, 1.165) is 23.8 Å². The number of carboxylic acid groups (broad SMARTS) is 1.